The van der Waals surface area contributed by atoms with Crippen molar-refractivity contribution in [3.8, 4) is 33.4 Å². The Hall–Kier alpha value is -4.88. The second-order valence-electron chi connectivity index (χ2n) is 20.5. The van der Waals surface area contributed by atoms with Crippen LogP contribution in [0.1, 0.15) is 129 Å². The van der Waals surface area contributed by atoms with Gasteiger partial charge in [-0.3, -0.25) is 0 Å². The number of benzene rings is 6. The third kappa shape index (κ3) is 6.15. The molecule has 0 amide bonds. The molecule has 55 heavy (non-hydrogen) atoms. The molecule has 0 atom stereocenters. The van der Waals surface area contributed by atoms with Crippen LogP contribution >= 0.6 is 0 Å². The molecular formula is C54H59N. The first-order chi connectivity index (χ1) is 25.7. The maximum Gasteiger partial charge on any atom is 0.0544 e. The summed E-state index contributed by atoms with van der Waals surface area (Å²) in [7, 11) is 0. The molecule has 6 aromatic carbocycles. The second-order valence-corrected chi connectivity index (χ2v) is 20.5. The van der Waals surface area contributed by atoms with Crippen molar-refractivity contribution in [2.75, 3.05) is 4.90 Å². The molecule has 1 nitrogen and oxygen atoms in total. The zero-order chi connectivity index (χ0) is 39.5. The largest absolute Gasteiger partial charge is 0.309 e. The van der Waals surface area contributed by atoms with Crippen molar-refractivity contribution in [2.24, 2.45) is 0 Å². The predicted molar refractivity (Wildman–Crippen MR) is 238 cm³/mol. The van der Waals surface area contributed by atoms with Gasteiger partial charge >= 0.3 is 0 Å². The van der Waals surface area contributed by atoms with Gasteiger partial charge in [0, 0.05) is 10.8 Å². The van der Waals surface area contributed by atoms with Crippen LogP contribution in [0.4, 0.5) is 17.1 Å². The number of rotatable bonds is 3. The summed E-state index contributed by atoms with van der Waals surface area (Å²) in [4.78, 5) is 2.59. The van der Waals surface area contributed by atoms with Crippen LogP contribution in [0.15, 0.2) is 121 Å². The van der Waals surface area contributed by atoms with Crippen molar-refractivity contribution >= 4 is 17.1 Å². The van der Waals surface area contributed by atoms with Crippen LogP contribution in [0.3, 0.4) is 0 Å². The van der Waals surface area contributed by atoms with Gasteiger partial charge < -0.3 is 4.90 Å². The number of fused-ring (bicyclic) bond motifs is 4. The molecule has 0 radical (unpaired) electrons. The smallest absolute Gasteiger partial charge is 0.0544 e. The lowest BCUT2D eigenvalue weighted by atomic mass is 9.65. The van der Waals surface area contributed by atoms with E-state index in [0.29, 0.717) is 0 Å². The first-order valence-corrected chi connectivity index (χ1v) is 20.3. The first kappa shape index (κ1) is 37.1. The van der Waals surface area contributed by atoms with Gasteiger partial charge in [0.25, 0.3) is 0 Å². The normalized spacial score (nSPS) is 15.6. The summed E-state index contributed by atoms with van der Waals surface area (Å²) < 4.78 is 0. The number of hydrogen-bond donors (Lipinski definition) is 0. The zero-order valence-electron chi connectivity index (χ0n) is 35.5. The van der Waals surface area contributed by atoms with Gasteiger partial charge in [0.1, 0.15) is 0 Å². The van der Waals surface area contributed by atoms with Gasteiger partial charge in [0.05, 0.1) is 17.1 Å². The number of hydrogen-bond acceptors (Lipinski definition) is 1. The van der Waals surface area contributed by atoms with Gasteiger partial charge in [-0.2, -0.15) is 0 Å². The lowest BCUT2D eigenvalue weighted by molar-refractivity contribution is 0.590. The molecule has 0 N–H and O–H groups in total. The molecule has 8 rings (SSSR count). The standard InChI is InChI=1S/C54H59N/c1-50(2,3)40-22-14-34(15-23-40)37-20-28-47-43(30-37)53(10,11)45-32-39(36-18-26-42(27-19-36)52(7,8)9)33-46-49(45)55(47)48-29-21-38(31-44(48)54(46,12)13)35-16-24-41(25-17-35)51(4,5)6/h14-33H,1-13H3. The summed E-state index contributed by atoms with van der Waals surface area (Å²) >= 11 is 0. The molecule has 6 aromatic rings. The topological polar surface area (TPSA) is 3.24 Å². The highest BCUT2D eigenvalue weighted by molar-refractivity contribution is 5.95. The van der Waals surface area contributed by atoms with E-state index in [9.17, 15) is 0 Å². The van der Waals surface area contributed by atoms with Crippen molar-refractivity contribution in [2.45, 2.75) is 117 Å². The van der Waals surface area contributed by atoms with Gasteiger partial charge in [-0.25, -0.2) is 0 Å². The predicted octanol–water partition coefficient (Wildman–Crippen LogP) is 15.3. The van der Waals surface area contributed by atoms with Crippen molar-refractivity contribution in [3.05, 3.63) is 160 Å². The molecule has 0 fully saturated rings. The van der Waals surface area contributed by atoms with E-state index < -0.39 is 0 Å². The highest BCUT2D eigenvalue weighted by atomic mass is 15.2. The van der Waals surface area contributed by atoms with Gasteiger partial charge in [0.2, 0.25) is 0 Å². The molecule has 0 bridgehead atoms. The van der Waals surface area contributed by atoms with Crippen LogP contribution in [0, 0.1) is 0 Å². The molecular weight excluding hydrogens is 663 g/mol. The summed E-state index contributed by atoms with van der Waals surface area (Å²) in [5.41, 5.74) is 20.9. The molecule has 280 valence electrons. The van der Waals surface area contributed by atoms with Crippen LogP contribution in [0.5, 0.6) is 0 Å². The monoisotopic (exact) mass is 721 g/mol. The van der Waals surface area contributed by atoms with Gasteiger partial charge in [-0.05, 0) is 125 Å². The minimum atomic E-state index is -0.235. The summed E-state index contributed by atoms with van der Waals surface area (Å²) in [5, 5.41) is 0. The van der Waals surface area contributed by atoms with E-state index in [1.807, 2.05) is 0 Å². The SMILES string of the molecule is CC(C)(C)c1ccc(-c2ccc3c(c2)C(C)(C)c2cc(-c4ccc(C(C)(C)C)cc4)cc4c2N3c2ccc(-c3ccc(C(C)(C)C)cc3)cc2C4(C)C)cc1. The van der Waals surface area contributed by atoms with Crippen LogP contribution in [0.25, 0.3) is 33.4 Å². The summed E-state index contributed by atoms with van der Waals surface area (Å²) in [5.74, 6) is 0. The molecule has 0 saturated carbocycles. The average molecular weight is 722 g/mol. The third-order valence-corrected chi connectivity index (χ3v) is 12.8. The fraction of sp³-hybridized carbons (Fsp3) is 0.333. The van der Waals surface area contributed by atoms with Gasteiger partial charge in [-0.15, -0.1) is 0 Å². The van der Waals surface area contributed by atoms with Gasteiger partial charge in [0.15, 0.2) is 0 Å². The minimum Gasteiger partial charge on any atom is -0.309 e. The highest BCUT2D eigenvalue weighted by Crippen LogP contribution is 2.61. The quantitative estimate of drug-likeness (QED) is 0.176. The van der Waals surface area contributed by atoms with E-state index in [1.54, 1.807) is 0 Å². The van der Waals surface area contributed by atoms with E-state index in [4.69, 9.17) is 0 Å². The molecule has 0 aromatic heterocycles. The molecule has 2 heterocycles. The first-order valence-electron chi connectivity index (χ1n) is 20.3. The molecule has 1 heteroatoms. The lowest BCUT2D eigenvalue weighted by Gasteiger charge is -2.50. The van der Waals surface area contributed by atoms with E-state index in [1.165, 1.54) is 89.4 Å². The maximum absolute atomic E-state index is 2.59. The Balaban J connectivity index is 1.34. The van der Waals surface area contributed by atoms with Crippen molar-refractivity contribution < 1.29 is 0 Å². The Kier molecular flexibility index (Phi) is 8.30. The Labute approximate surface area is 331 Å². The molecule has 0 spiro atoms. The maximum atomic E-state index is 2.59. The second kappa shape index (κ2) is 12.3. The Morgan fingerprint density at radius 1 is 0.327 bits per heavy atom. The summed E-state index contributed by atoms with van der Waals surface area (Å²) in [6.45, 7) is 30.3. The van der Waals surface area contributed by atoms with Crippen molar-refractivity contribution in [3.63, 3.8) is 0 Å². The minimum absolute atomic E-state index is 0.105. The van der Waals surface area contributed by atoms with Crippen molar-refractivity contribution in [1.29, 1.82) is 0 Å². The third-order valence-electron chi connectivity index (χ3n) is 12.8. The summed E-state index contributed by atoms with van der Waals surface area (Å²) in [6, 6.07) is 47.1. The van der Waals surface area contributed by atoms with E-state index in [-0.39, 0.29) is 27.1 Å². The van der Waals surface area contributed by atoms with E-state index >= 15 is 0 Å². The Morgan fingerprint density at radius 2 is 0.600 bits per heavy atom. The Bertz CT molecular complexity index is 2290. The fourth-order valence-corrected chi connectivity index (χ4v) is 8.97. The zero-order valence-corrected chi connectivity index (χ0v) is 35.5. The van der Waals surface area contributed by atoms with Crippen LogP contribution in [0.2, 0.25) is 0 Å². The van der Waals surface area contributed by atoms with Crippen LogP contribution in [-0.4, -0.2) is 0 Å². The molecule has 0 unspecified atom stereocenters. The molecule has 0 aliphatic carbocycles. The summed E-state index contributed by atoms with van der Waals surface area (Å²) in [6.07, 6.45) is 0. The molecule has 2 aliphatic heterocycles. The van der Waals surface area contributed by atoms with E-state index in [2.05, 4.69) is 216 Å². The molecule has 0 saturated heterocycles. The number of nitrogens with zero attached hydrogens (tertiary/aromatic N) is 1. The van der Waals surface area contributed by atoms with Crippen LogP contribution in [-0.2, 0) is 27.1 Å². The van der Waals surface area contributed by atoms with Gasteiger partial charge in [-0.1, -0.05) is 175 Å². The molecule has 2 aliphatic rings. The average Bonchev–Trinajstić information content (AvgIpc) is 3.13. The van der Waals surface area contributed by atoms with Crippen LogP contribution < -0.4 is 4.90 Å². The Morgan fingerprint density at radius 3 is 0.909 bits per heavy atom. The fourth-order valence-electron chi connectivity index (χ4n) is 8.97. The van der Waals surface area contributed by atoms with Crippen molar-refractivity contribution in [1.82, 2.24) is 0 Å². The number of anilines is 3. The lowest BCUT2D eigenvalue weighted by Crippen LogP contribution is -2.38. The highest BCUT2D eigenvalue weighted by Gasteiger charge is 2.46. The van der Waals surface area contributed by atoms with E-state index in [0.717, 1.165) is 0 Å².